The van der Waals surface area contributed by atoms with Crippen LogP contribution < -0.4 is 4.90 Å². The van der Waals surface area contributed by atoms with Gasteiger partial charge >= 0.3 is 0 Å². The van der Waals surface area contributed by atoms with E-state index in [0.717, 1.165) is 13.1 Å². The molecule has 3 nitrogen and oxygen atoms in total. The van der Waals surface area contributed by atoms with Gasteiger partial charge in [-0.3, -0.25) is 0 Å². The molecule has 0 aliphatic heterocycles. The quantitative estimate of drug-likeness (QED) is 0.766. The smallest absolute Gasteiger partial charge is 0.218 e. The number of hydrogen-bond donors (Lipinski definition) is 0. The molecule has 0 aliphatic rings. The summed E-state index contributed by atoms with van der Waals surface area (Å²) in [7, 11) is 0. The lowest BCUT2D eigenvalue weighted by atomic mass is 10.4. The van der Waals surface area contributed by atoms with Crippen LogP contribution in [0.1, 0.15) is 11.8 Å². The first-order chi connectivity index (χ1) is 7.79. The van der Waals surface area contributed by atoms with Crippen LogP contribution in [-0.4, -0.2) is 16.5 Å². The molecule has 0 amide bonds. The molecule has 0 aromatic carbocycles. The Morgan fingerprint density at radius 2 is 2.31 bits per heavy atom. The zero-order valence-corrected chi connectivity index (χ0v) is 9.75. The molecule has 5 heteroatoms. The van der Waals surface area contributed by atoms with Crippen molar-refractivity contribution < 1.29 is 4.39 Å². The van der Waals surface area contributed by atoms with Crippen LogP contribution in [0.2, 0.25) is 0 Å². The minimum Gasteiger partial charge on any atom is -0.352 e. The summed E-state index contributed by atoms with van der Waals surface area (Å²) in [6.07, 6.45) is 1.25. The standard InChI is InChI=1S/C11H12FN3S/c1-2-15(7-9-4-3-5-16-9)11-6-10(12)13-8-14-11/h3-6,8H,2,7H2,1H3. The fraction of sp³-hybridized carbons (Fsp3) is 0.273. The molecule has 2 aromatic rings. The van der Waals surface area contributed by atoms with E-state index in [9.17, 15) is 4.39 Å². The molecule has 0 saturated heterocycles. The van der Waals surface area contributed by atoms with Crippen molar-refractivity contribution in [1.29, 1.82) is 0 Å². The first-order valence-electron chi connectivity index (χ1n) is 5.04. The highest BCUT2D eigenvalue weighted by atomic mass is 32.1. The van der Waals surface area contributed by atoms with Gasteiger partial charge in [-0.25, -0.2) is 9.97 Å². The molecule has 0 spiro atoms. The Morgan fingerprint density at radius 3 is 2.94 bits per heavy atom. The third kappa shape index (κ3) is 2.55. The first kappa shape index (κ1) is 11.0. The van der Waals surface area contributed by atoms with Gasteiger partial charge in [-0.15, -0.1) is 11.3 Å². The molecule has 0 atom stereocenters. The van der Waals surface area contributed by atoms with Gasteiger partial charge in [0.1, 0.15) is 12.1 Å². The van der Waals surface area contributed by atoms with E-state index in [1.165, 1.54) is 17.3 Å². The van der Waals surface area contributed by atoms with Crippen LogP contribution in [0.15, 0.2) is 29.9 Å². The highest BCUT2D eigenvalue weighted by Gasteiger charge is 2.08. The van der Waals surface area contributed by atoms with Crippen molar-refractivity contribution in [2.24, 2.45) is 0 Å². The van der Waals surface area contributed by atoms with E-state index in [0.29, 0.717) is 5.82 Å². The second kappa shape index (κ2) is 5.03. The van der Waals surface area contributed by atoms with Gasteiger partial charge in [0.15, 0.2) is 0 Å². The predicted octanol–water partition coefficient (Wildman–Crippen LogP) is 2.70. The second-order valence-corrected chi connectivity index (χ2v) is 4.32. The minimum absolute atomic E-state index is 0.491. The van der Waals surface area contributed by atoms with Gasteiger partial charge in [-0.05, 0) is 18.4 Å². The SMILES string of the molecule is CCN(Cc1cccs1)c1cc(F)ncn1. The van der Waals surface area contributed by atoms with Crippen molar-refractivity contribution in [2.75, 3.05) is 11.4 Å². The van der Waals surface area contributed by atoms with E-state index < -0.39 is 5.95 Å². The number of nitrogens with zero attached hydrogens (tertiary/aromatic N) is 3. The molecule has 0 radical (unpaired) electrons. The van der Waals surface area contributed by atoms with Crippen LogP contribution in [0.4, 0.5) is 10.2 Å². The van der Waals surface area contributed by atoms with E-state index in [4.69, 9.17) is 0 Å². The number of halogens is 1. The average molecular weight is 237 g/mol. The summed E-state index contributed by atoms with van der Waals surface area (Å²) in [6, 6.07) is 5.43. The van der Waals surface area contributed by atoms with E-state index >= 15 is 0 Å². The number of aromatic nitrogens is 2. The average Bonchev–Trinajstić information content (AvgIpc) is 2.78. The molecular formula is C11H12FN3S. The lowest BCUT2D eigenvalue weighted by Crippen LogP contribution is -2.22. The van der Waals surface area contributed by atoms with E-state index in [1.54, 1.807) is 11.3 Å². The molecule has 0 fully saturated rings. The summed E-state index contributed by atoms with van der Waals surface area (Å²) < 4.78 is 13.0. The van der Waals surface area contributed by atoms with Crippen molar-refractivity contribution in [3.63, 3.8) is 0 Å². The molecular weight excluding hydrogens is 225 g/mol. The number of thiophene rings is 1. The summed E-state index contributed by atoms with van der Waals surface area (Å²) in [5, 5.41) is 2.03. The normalized spacial score (nSPS) is 10.4. The third-order valence-electron chi connectivity index (χ3n) is 2.25. The molecule has 0 saturated carbocycles. The molecule has 2 heterocycles. The molecule has 0 N–H and O–H groups in total. The summed E-state index contributed by atoms with van der Waals surface area (Å²) in [5.74, 6) is 0.137. The zero-order valence-electron chi connectivity index (χ0n) is 8.93. The molecule has 0 unspecified atom stereocenters. The van der Waals surface area contributed by atoms with Crippen molar-refractivity contribution in [3.8, 4) is 0 Å². The Morgan fingerprint density at radius 1 is 1.44 bits per heavy atom. The van der Waals surface area contributed by atoms with E-state index in [-0.39, 0.29) is 0 Å². The Hall–Kier alpha value is -1.49. The van der Waals surface area contributed by atoms with E-state index in [2.05, 4.69) is 16.0 Å². The highest BCUT2D eigenvalue weighted by molar-refractivity contribution is 7.09. The maximum absolute atomic E-state index is 13.0. The zero-order chi connectivity index (χ0) is 11.4. The largest absolute Gasteiger partial charge is 0.352 e. The predicted molar refractivity (Wildman–Crippen MR) is 63.0 cm³/mol. The first-order valence-corrected chi connectivity index (χ1v) is 5.92. The maximum atomic E-state index is 13.0. The van der Waals surface area contributed by atoms with Crippen LogP contribution in [0.3, 0.4) is 0 Å². The van der Waals surface area contributed by atoms with Crippen molar-refractivity contribution in [3.05, 3.63) is 40.7 Å². The lowest BCUT2D eigenvalue weighted by Gasteiger charge is -2.20. The van der Waals surface area contributed by atoms with Crippen molar-refractivity contribution >= 4 is 17.2 Å². The van der Waals surface area contributed by atoms with Crippen LogP contribution in [0, 0.1) is 5.95 Å². The van der Waals surface area contributed by atoms with Gasteiger partial charge < -0.3 is 4.90 Å². The lowest BCUT2D eigenvalue weighted by molar-refractivity contribution is 0.577. The Balaban J connectivity index is 2.16. The van der Waals surface area contributed by atoms with Gasteiger partial charge in [0, 0.05) is 17.5 Å². The molecule has 2 rings (SSSR count). The molecule has 0 aliphatic carbocycles. The second-order valence-electron chi connectivity index (χ2n) is 3.29. The van der Waals surface area contributed by atoms with Gasteiger partial charge in [0.2, 0.25) is 5.95 Å². The Bertz CT molecular complexity index is 444. The fourth-order valence-electron chi connectivity index (χ4n) is 1.44. The summed E-state index contributed by atoms with van der Waals surface area (Å²) in [4.78, 5) is 10.8. The fourth-order valence-corrected chi connectivity index (χ4v) is 2.16. The van der Waals surface area contributed by atoms with Crippen LogP contribution >= 0.6 is 11.3 Å². The van der Waals surface area contributed by atoms with Crippen molar-refractivity contribution in [1.82, 2.24) is 9.97 Å². The summed E-state index contributed by atoms with van der Waals surface area (Å²) >= 11 is 1.69. The van der Waals surface area contributed by atoms with Crippen molar-refractivity contribution in [2.45, 2.75) is 13.5 Å². The summed E-state index contributed by atoms with van der Waals surface area (Å²) in [6.45, 7) is 3.56. The van der Waals surface area contributed by atoms with Gasteiger partial charge in [0.25, 0.3) is 0 Å². The van der Waals surface area contributed by atoms with Crippen LogP contribution in [0.25, 0.3) is 0 Å². The Kier molecular flexibility index (Phi) is 3.46. The van der Waals surface area contributed by atoms with E-state index in [1.807, 2.05) is 23.3 Å². The minimum atomic E-state index is -0.491. The van der Waals surface area contributed by atoms with Gasteiger partial charge in [0.05, 0.1) is 6.54 Å². The topological polar surface area (TPSA) is 29.0 Å². The molecule has 16 heavy (non-hydrogen) atoms. The van der Waals surface area contributed by atoms with Crippen LogP contribution in [0.5, 0.6) is 0 Å². The Labute approximate surface area is 97.6 Å². The monoisotopic (exact) mass is 237 g/mol. The number of anilines is 1. The summed E-state index contributed by atoms with van der Waals surface area (Å²) in [5.41, 5.74) is 0. The van der Waals surface area contributed by atoms with Crippen LogP contribution in [-0.2, 0) is 6.54 Å². The number of rotatable bonds is 4. The maximum Gasteiger partial charge on any atom is 0.218 e. The third-order valence-corrected chi connectivity index (χ3v) is 3.11. The molecule has 2 aromatic heterocycles. The van der Waals surface area contributed by atoms with Gasteiger partial charge in [-0.1, -0.05) is 6.07 Å². The van der Waals surface area contributed by atoms with Gasteiger partial charge in [-0.2, -0.15) is 4.39 Å². The molecule has 84 valence electrons. The number of hydrogen-bond acceptors (Lipinski definition) is 4. The molecule has 0 bridgehead atoms. The highest BCUT2D eigenvalue weighted by Crippen LogP contribution is 2.17.